The van der Waals surface area contributed by atoms with E-state index in [-0.39, 0.29) is 12.0 Å². The molecule has 7 heteroatoms. The van der Waals surface area contributed by atoms with Gasteiger partial charge in [0, 0.05) is 17.5 Å². The molecule has 0 unspecified atom stereocenters. The normalized spacial score (nSPS) is 14.3. The van der Waals surface area contributed by atoms with Crippen LogP contribution in [0.25, 0.3) is 22.4 Å². The maximum Gasteiger partial charge on any atom is 0.274 e. The molecule has 134 valence electrons. The second-order valence-electron chi connectivity index (χ2n) is 6.44. The minimum absolute atomic E-state index is 0.0638. The smallest absolute Gasteiger partial charge is 0.274 e. The third-order valence-electron chi connectivity index (χ3n) is 4.58. The number of furan rings is 1. The van der Waals surface area contributed by atoms with Gasteiger partial charge in [-0.15, -0.1) is 0 Å². The average molecular weight is 360 g/mol. The van der Waals surface area contributed by atoms with Gasteiger partial charge in [-0.05, 0) is 24.3 Å². The van der Waals surface area contributed by atoms with Gasteiger partial charge in [0.1, 0.15) is 11.8 Å². The van der Waals surface area contributed by atoms with Crippen LogP contribution in [0.2, 0.25) is 0 Å². The van der Waals surface area contributed by atoms with Gasteiger partial charge < -0.3 is 14.1 Å². The van der Waals surface area contributed by atoms with E-state index in [1.807, 2.05) is 42.5 Å². The molecule has 1 amide bonds. The Balaban J connectivity index is 1.22. The predicted molar refractivity (Wildman–Crippen MR) is 98.4 cm³/mol. The van der Waals surface area contributed by atoms with E-state index in [1.54, 1.807) is 23.3 Å². The van der Waals surface area contributed by atoms with Crippen molar-refractivity contribution in [1.29, 1.82) is 0 Å². The molecule has 1 aromatic carbocycles. The van der Waals surface area contributed by atoms with Crippen molar-refractivity contribution in [1.82, 2.24) is 20.1 Å². The number of hydrogen-bond acceptors (Lipinski definition) is 5. The highest BCUT2D eigenvalue weighted by molar-refractivity contribution is 5.93. The number of carbonyl (C=O) groups is 1. The number of rotatable bonds is 4. The predicted octanol–water partition coefficient (Wildman–Crippen LogP) is 3.12. The molecule has 0 bridgehead atoms. The quantitative estimate of drug-likeness (QED) is 0.604. The van der Waals surface area contributed by atoms with Gasteiger partial charge in [0.25, 0.3) is 5.91 Å². The number of likely N-dealkylation sites (tertiary alicyclic amines) is 1. The summed E-state index contributed by atoms with van der Waals surface area (Å²) in [6, 6.07) is 17.0. The van der Waals surface area contributed by atoms with E-state index < -0.39 is 0 Å². The van der Waals surface area contributed by atoms with Crippen molar-refractivity contribution in [2.75, 3.05) is 13.1 Å². The summed E-state index contributed by atoms with van der Waals surface area (Å²) in [6.07, 6.45) is 1.52. The number of para-hydroxylation sites is 1. The molecule has 7 nitrogen and oxygen atoms in total. The monoisotopic (exact) mass is 360 g/mol. The van der Waals surface area contributed by atoms with E-state index in [0.29, 0.717) is 36.1 Å². The van der Waals surface area contributed by atoms with Crippen LogP contribution in [-0.4, -0.2) is 45.2 Å². The lowest BCUT2D eigenvalue weighted by Crippen LogP contribution is -2.56. The molecule has 4 aromatic rings. The summed E-state index contributed by atoms with van der Waals surface area (Å²) >= 11 is 0. The molecule has 0 saturated carbocycles. The maximum atomic E-state index is 12.5. The van der Waals surface area contributed by atoms with E-state index in [9.17, 15) is 4.79 Å². The number of nitrogens with one attached hydrogen (secondary N) is 1. The summed E-state index contributed by atoms with van der Waals surface area (Å²) in [7, 11) is 0. The highest BCUT2D eigenvalue weighted by Gasteiger charge is 2.34. The lowest BCUT2D eigenvalue weighted by atomic mass is 10.1. The van der Waals surface area contributed by atoms with E-state index in [2.05, 4.69) is 15.2 Å². The Hall–Kier alpha value is -3.61. The first kappa shape index (κ1) is 15.6. The van der Waals surface area contributed by atoms with Gasteiger partial charge in [0.2, 0.25) is 5.88 Å². The highest BCUT2D eigenvalue weighted by atomic mass is 16.5. The molecule has 1 aliphatic rings. The third kappa shape index (κ3) is 2.93. The Morgan fingerprint density at radius 2 is 2.04 bits per heavy atom. The number of benzene rings is 1. The van der Waals surface area contributed by atoms with Crippen molar-refractivity contribution in [3.05, 3.63) is 66.6 Å². The molecule has 4 heterocycles. The van der Waals surface area contributed by atoms with E-state index in [1.165, 1.54) is 0 Å². The van der Waals surface area contributed by atoms with Gasteiger partial charge in [-0.25, -0.2) is 4.98 Å². The number of amides is 1. The van der Waals surface area contributed by atoms with Crippen molar-refractivity contribution in [2.45, 2.75) is 6.10 Å². The number of nitrogens with zero attached hydrogens (tertiary/aromatic N) is 3. The fourth-order valence-corrected chi connectivity index (χ4v) is 3.11. The number of fused-ring (bicyclic) bond motifs is 1. The lowest BCUT2D eigenvalue weighted by Gasteiger charge is -2.38. The summed E-state index contributed by atoms with van der Waals surface area (Å²) < 4.78 is 11.2. The summed E-state index contributed by atoms with van der Waals surface area (Å²) in [5.74, 6) is 1.09. The first-order chi connectivity index (χ1) is 13.3. The molecule has 1 saturated heterocycles. The SMILES string of the molecule is O=C(c1cc(-c2ccco2)[nH]n1)N1CC(Oc2ccc3ccccc3n2)C1. The van der Waals surface area contributed by atoms with Crippen molar-refractivity contribution in [2.24, 2.45) is 0 Å². The third-order valence-corrected chi connectivity index (χ3v) is 4.58. The fourth-order valence-electron chi connectivity index (χ4n) is 3.11. The minimum Gasteiger partial charge on any atom is -0.471 e. The Labute approximate surface area is 154 Å². The molecular weight excluding hydrogens is 344 g/mol. The van der Waals surface area contributed by atoms with E-state index in [4.69, 9.17) is 9.15 Å². The fraction of sp³-hybridized carbons (Fsp3) is 0.150. The number of aromatic amines is 1. The molecular formula is C20H16N4O3. The first-order valence-electron chi connectivity index (χ1n) is 8.67. The van der Waals surface area contributed by atoms with Crippen LogP contribution in [0.5, 0.6) is 5.88 Å². The van der Waals surface area contributed by atoms with Crippen molar-refractivity contribution >= 4 is 16.8 Å². The zero-order chi connectivity index (χ0) is 18.2. The van der Waals surface area contributed by atoms with Gasteiger partial charge in [-0.1, -0.05) is 18.2 Å². The zero-order valence-electron chi connectivity index (χ0n) is 14.3. The van der Waals surface area contributed by atoms with Crippen LogP contribution in [0.15, 0.2) is 65.3 Å². The van der Waals surface area contributed by atoms with Gasteiger partial charge in [-0.2, -0.15) is 5.10 Å². The summed E-state index contributed by atoms with van der Waals surface area (Å²) in [5.41, 5.74) is 1.94. The van der Waals surface area contributed by atoms with Crippen LogP contribution < -0.4 is 4.74 Å². The summed E-state index contributed by atoms with van der Waals surface area (Å²) in [6.45, 7) is 1.02. The molecule has 1 fully saturated rings. The van der Waals surface area contributed by atoms with Crippen LogP contribution in [0.4, 0.5) is 0 Å². The number of pyridine rings is 1. The second kappa shape index (κ2) is 6.28. The molecule has 0 atom stereocenters. The molecule has 0 spiro atoms. The molecule has 1 aliphatic heterocycles. The Morgan fingerprint density at radius 3 is 2.89 bits per heavy atom. The second-order valence-corrected chi connectivity index (χ2v) is 6.44. The van der Waals surface area contributed by atoms with Gasteiger partial charge in [-0.3, -0.25) is 9.89 Å². The summed E-state index contributed by atoms with van der Waals surface area (Å²) in [4.78, 5) is 18.7. The largest absolute Gasteiger partial charge is 0.471 e. The van der Waals surface area contributed by atoms with Gasteiger partial charge in [0.05, 0.1) is 24.9 Å². The Kier molecular flexibility index (Phi) is 3.64. The summed E-state index contributed by atoms with van der Waals surface area (Å²) in [5, 5.41) is 7.99. The lowest BCUT2D eigenvalue weighted by molar-refractivity contribution is 0.0157. The van der Waals surface area contributed by atoms with E-state index in [0.717, 1.165) is 10.9 Å². The van der Waals surface area contributed by atoms with Crippen molar-refractivity contribution in [3.63, 3.8) is 0 Å². The van der Waals surface area contributed by atoms with Crippen LogP contribution >= 0.6 is 0 Å². The van der Waals surface area contributed by atoms with Crippen molar-refractivity contribution < 1.29 is 13.9 Å². The topological polar surface area (TPSA) is 84.2 Å². The van der Waals surface area contributed by atoms with Crippen LogP contribution in [0.1, 0.15) is 10.5 Å². The molecule has 1 N–H and O–H groups in total. The number of aromatic nitrogens is 3. The average Bonchev–Trinajstić information content (AvgIpc) is 3.35. The highest BCUT2D eigenvalue weighted by Crippen LogP contribution is 2.23. The zero-order valence-corrected chi connectivity index (χ0v) is 14.3. The number of H-pyrrole nitrogens is 1. The Bertz CT molecular complexity index is 1100. The van der Waals surface area contributed by atoms with Crippen LogP contribution in [0.3, 0.4) is 0 Å². The standard InChI is InChI=1S/C20H16N4O3/c25-20(17-10-16(22-23-17)18-6-3-9-26-18)24-11-14(12-24)27-19-8-7-13-4-1-2-5-15(13)21-19/h1-10,14H,11-12H2,(H,22,23). The number of ether oxygens (including phenoxy) is 1. The number of carbonyl (C=O) groups excluding carboxylic acids is 1. The molecule has 5 rings (SSSR count). The van der Waals surface area contributed by atoms with Crippen molar-refractivity contribution in [3.8, 4) is 17.3 Å². The number of hydrogen-bond donors (Lipinski definition) is 1. The maximum absolute atomic E-state index is 12.5. The Morgan fingerprint density at radius 1 is 1.15 bits per heavy atom. The molecule has 0 aliphatic carbocycles. The van der Waals surface area contributed by atoms with Gasteiger partial charge >= 0.3 is 0 Å². The van der Waals surface area contributed by atoms with Crippen LogP contribution in [-0.2, 0) is 0 Å². The minimum atomic E-state index is -0.129. The molecule has 0 radical (unpaired) electrons. The van der Waals surface area contributed by atoms with Gasteiger partial charge in [0.15, 0.2) is 11.5 Å². The first-order valence-corrected chi connectivity index (χ1v) is 8.67. The molecule has 3 aromatic heterocycles. The molecule has 27 heavy (non-hydrogen) atoms. The van der Waals surface area contributed by atoms with E-state index >= 15 is 0 Å². The van der Waals surface area contributed by atoms with Crippen LogP contribution in [0, 0.1) is 0 Å².